The summed E-state index contributed by atoms with van der Waals surface area (Å²) < 4.78 is 29.8. The first-order valence-corrected chi connectivity index (χ1v) is 9.32. The number of aromatic nitrogens is 1. The number of anilines is 1. The Balaban J connectivity index is 2.18. The van der Waals surface area contributed by atoms with Gasteiger partial charge in [0.05, 0.1) is 17.7 Å². The van der Waals surface area contributed by atoms with E-state index in [1.807, 2.05) is 0 Å². The minimum absolute atomic E-state index is 0.0899. The summed E-state index contributed by atoms with van der Waals surface area (Å²) >= 11 is 1.01. The first kappa shape index (κ1) is 19.0. The van der Waals surface area contributed by atoms with Gasteiger partial charge < -0.3 is 4.74 Å². The molecule has 0 atom stereocenters. The Hall–Kier alpha value is -2.30. The molecule has 1 amide bonds. The zero-order valence-corrected chi connectivity index (χ0v) is 15.7. The number of sulfonamides is 1. The number of benzene rings is 1. The summed E-state index contributed by atoms with van der Waals surface area (Å²) in [5.74, 6) is -0.979. The van der Waals surface area contributed by atoms with Crippen molar-refractivity contribution in [2.75, 3.05) is 26.5 Å². The topological polar surface area (TPSA) is 106 Å². The molecule has 0 bridgehead atoms. The first-order chi connectivity index (χ1) is 11.7. The van der Waals surface area contributed by atoms with Gasteiger partial charge >= 0.3 is 5.97 Å². The van der Waals surface area contributed by atoms with E-state index in [1.54, 1.807) is 6.92 Å². The van der Waals surface area contributed by atoms with Gasteiger partial charge in [-0.1, -0.05) is 11.3 Å². The second kappa shape index (κ2) is 7.30. The summed E-state index contributed by atoms with van der Waals surface area (Å²) in [5.41, 5.74) is 0.727. The highest BCUT2D eigenvalue weighted by Gasteiger charge is 2.19. The number of nitrogens with zero attached hydrogens (tertiary/aromatic N) is 2. The highest BCUT2D eigenvalue weighted by atomic mass is 32.2. The van der Waals surface area contributed by atoms with Crippen LogP contribution in [-0.4, -0.2) is 50.8 Å². The number of hydrogen-bond donors (Lipinski definition) is 1. The van der Waals surface area contributed by atoms with Crippen LogP contribution in [0.3, 0.4) is 0 Å². The van der Waals surface area contributed by atoms with Crippen molar-refractivity contribution in [2.24, 2.45) is 0 Å². The number of methoxy groups -OCH3 is 1. The molecule has 0 spiro atoms. The maximum Gasteiger partial charge on any atom is 0.350 e. The van der Waals surface area contributed by atoms with Crippen molar-refractivity contribution in [3.8, 4) is 0 Å². The number of hydrogen-bond acceptors (Lipinski definition) is 7. The van der Waals surface area contributed by atoms with Gasteiger partial charge in [0, 0.05) is 19.7 Å². The number of rotatable bonds is 5. The molecule has 0 aliphatic rings. The zero-order valence-electron chi connectivity index (χ0n) is 14.1. The van der Waals surface area contributed by atoms with Crippen LogP contribution < -0.4 is 5.32 Å². The third-order valence-corrected chi connectivity index (χ3v) is 6.17. The van der Waals surface area contributed by atoms with E-state index in [2.05, 4.69) is 15.0 Å². The van der Waals surface area contributed by atoms with E-state index in [0.717, 1.165) is 15.6 Å². The molecule has 10 heteroatoms. The summed E-state index contributed by atoms with van der Waals surface area (Å²) in [6, 6.07) is 5.54. The lowest BCUT2D eigenvalue weighted by Crippen LogP contribution is -2.22. The Labute approximate surface area is 149 Å². The van der Waals surface area contributed by atoms with Crippen molar-refractivity contribution >= 4 is 38.4 Å². The number of ether oxygens (including phenoxy) is 1. The van der Waals surface area contributed by atoms with Crippen LogP contribution in [0.5, 0.6) is 0 Å². The van der Waals surface area contributed by atoms with Gasteiger partial charge in [0.15, 0.2) is 5.13 Å². The summed E-state index contributed by atoms with van der Waals surface area (Å²) in [6.45, 7) is 1.64. The van der Waals surface area contributed by atoms with Gasteiger partial charge in [-0.3, -0.25) is 10.1 Å². The molecule has 1 heterocycles. The quantitative estimate of drug-likeness (QED) is 0.789. The van der Waals surface area contributed by atoms with Gasteiger partial charge in [-0.05, 0) is 31.2 Å². The molecule has 0 aliphatic heterocycles. The van der Waals surface area contributed by atoms with Crippen molar-refractivity contribution in [1.82, 2.24) is 9.29 Å². The highest BCUT2D eigenvalue weighted by Crippen LogP contribution is 2.24. The van der Waals surface area contributed by atoms with Gasteiger partial charge in [-0.15, -0.1) is 0 Å². The normalized spacial score (nSPS) is 11.4. The largest absolute Gasteiger partial charge is 0.465 e. The van der Waals surface area contributed by atoms with E-state index in [9.17, 15) is 18.0 Å². The Morgan fingerprint density at radius 3 is 2.32 bits per heavy atom. The standard InChI is InChI=1S/C15H17N3O5S2/c1-9-12(14(20)23-4)24-15(16-9)17-13(19)10-5-7-11(8-6-10)25(21,22)18(2)3/h5-8H,1-4H3,(H,16,17,19). The van der Waals surface area contributed by atoms with E-state index >= 15 is 0 Å². The molecule has 2 rings (SSSR count). The van der Waals surface area contributed by atoms with E-state index < -0.39 is 21.9 Å². The Kier molecular flexibility index (Phi) is 5.55. The van der Waals surface area contributed by atoms with Crippen molar-refractivity contribution in [3.05, 3.63) is 40.4 Å². The van der Waals surface area contributed by atoms with Gasteiger partial charge in [0.1, 0.15) is 4.88 Å². The number of amides is 1. The van der Waals surface area contributed by atoms with Crippen LogP contribution in [0.25, 0.3) is 0 Å². The first-order valence-electron chi connectivity index (χ1n) is 7.06. The molecule has 0 saturated carbocycles. The summed E-state index contributed by atoms with van der Waals surface area (Å²) in [6.07, 6.45) is 0. The Morgan fingerprint density at radius 1 is 1.20 bits per heavy atom. The SMILES string of the molecule is COC(=O)c1sc(NC(=O)c2ccc(S(=O)(=O)N(C)C)cc2)nc1C. The van der Waals surface area contributed by atoms with Crippen molar-refractivity contribution < 1.29 is 22.7 Å². The van der Waals surface area contributed by atoms with Gasteiger partial charge in [0.25, 0.3) is 5.91 Å². The molecular weight excluding hydrogens is 366 g/mol. The lowest BCUT2D eigenvalue weighted by atomic mass is 10.2. The number of carbonyl (C=O) groups is 2. The fraction of sp³-hybridized carbons (Fsp3) is 0.267. The molecule has 134 valence electrons. The number of thiazole rings is 1. The predicted octanol–water partition coefficient (Wildman–Crippen LogP) is 1.74. The molecule has 25 heavy (non-hydrogen) atoms. The molecule has 0 aliphatic carbocycles. The van der Waals surface area contributed by atoms with Crippen molar-refractivity contribution in [2.45, 2.75) is 11.8 Å². The maximum atomic E-state index is 12.2. The average molecular weight is 383 g/mol. The third-order valence-electron chi connectivity index (χ3n) is 3.28. The fourth-order valence-electron chi connectivity index (χ4n) is 1.89. The summed E-state index contributed by atoms with van der Waals surface area (Å²) in [4.78, 5) is 28.3. The van der Waals surface area contributed by atoms with Gasteiger partial charge in [-0.2, -0.15) is 0 Å². The maximum absolute atomic E-state index is 12.2. The second-order valence-corrected chi connectivity index (χ2v) is 8.34. The number of esters is 1. The lowest BCUT2D eigenvalue weighted by molar-refractivity contribution is 0.0605. The smallest absolute Gasteiger partial charge is 0.350 e. The van der Waals surface area contributed by atoms with Crippen LogP contribution in [0, 0.1) is 6.92 Å². The number of carbonyl (C=O) groups excluding carboxylic acids is 2. The molecule has 8 nitrogen and oxygen atoms in total. The van der Waals surface area contributed by atoms with Gasteiger partial charge in [-0.25, -0.2) is 22.5 Å². The molecule has 0 unspecified atom stereocenters. The molecule has 0 radical (unpaired) electrons. The predicted molar refractivity (Wildman–Crippen MR) is 93.5 cm³/mol. The van der Waals surface area contributed by atoms with Crippen LogP contribution in [0.2, 0.25) is 0 Å². The number of aryl methyl sites for hydroxylation is 1. The molecule has 1 aromatic carbocycles. The Morgan fingerprint density at radius 2 is 1.80 bits per heavy atom. The minimum Gasteiger partial charge on any atom is -0.465 e. The van der Waals surface area contributed by atoms with Crippen LogP contribution in [-0.2, 0) is 14.8 Å². The van der Waals surface area contributed by atoms with E-state index in [4.69, 9.17) is 0 Å². The van der Waals surface area contributed by atoms with E-state index in [1.165, 1.54) is 45.5 Å². The summed E-state index contributed by atoms with van der Waals surface area (Å²) in [7, 11) is 0.574. The Bertz CT molecular complexity index is 902. The molecule has 0 saturated heterocycles. The average Bonchev–Trinajstić information content (AvgIpc) is 2.94. The van der Waals surface area contributed by atoms with Crippen LogP contribution in [0.15, 0.2) is 29.2 Å². The molecule has 1 aromatic heterocycles. The fourth-order valence-corrected chi connectivity index (χ4v) is 3.67. The zero-order chi connectivity index (χ0) is 18.8. The lowest BCUT2D eigenvalue weighted by Gasteiger charge is -2.11. The molecule has 0 fully saturated rings. The van der Waals surface area contributed by atoms with E-state index in [0.29, 0.717) is 10.6 Å². The summed E-state index contributed by atoms with van der Waals surface area (Å²) in [5, 5.41) is 2.84. The highest BCUT2D eigenvalue weighted by molar-refractivity contribution is 7.89. The second-order valence-electron chi connectivity index (χ2n) is 5.19. The molecule has 1 N–H and O–H groups in total. The monoisotopic (exact) mass is 383 g/mol. The minimum atomic E-state index is -3.55. The van der Waals surface area contributed by atoms with Crippen molar-refractivity contribution in [1.29, 1.82) is 0 Å². The van der Waals surface area contributed by atoms with Crippen LogP contribution >= 0.6 is 11.3 Å². The molecule has 2 aromatic rings. The van der Waals surface area contributed by atoms with Crippen LogP contribution in [0.4, 0.5) is 5.13 Å². The molecular formula is C15H17N3O5S2. The van der Waals surface area contributed by atoms with E-state index in [-0.39, 0.29) is 15.6 Å². The third kappa shape index (κ3) is 4.03. The number of nitrogens with one attached hydrogen (secondary N) is 1. The van der Waals surface area contributed by atoms with Crippen molar-refractivity contribution in [3.63, 3.8) is 0 Å². The van der Waals surface area contributed by atoms with Gasteiger partial charge in [0.2, 0.25) is 10.0 Å². The van der Waals surface area contributed by atoms with Crippen LogP contribution in [0.1, 0.15) is 25.7 Å².